The lowest BCUT2D eigenvalue weighted by molar-refractivity contribution is 0.126. The summed E-state index contributed by atoms with van der Waals surface area (Å²) in [6, 6.07) is 4.08. The smallest absolute Gasteiger partial charge is 0.136 e. The highest BCUT2D eigenvalue weighted by Gasteiger charge is 2.09. The van der Waals surface area contributed by atoms with Gasteiger partial charge < -0.3 is 14.2 Å². The topological polar surface area (TPSA) is 50.0 Å². The van der Waals surface area contributed by atoms with E-state index in [1.54, 1.807) is 7.11 Å². The summed E-state index contributed by atoms with van der Waals surface area (Å²) < 4.78 is 7.20. The van der Waals surface area contributed by atoms with Gasteiger partial charge in [-0.05, 0) is 18.6 Å². The maximum atomic E-state index is 9.12. The Kier molecular flexibility index (Phi) is 4.90. The number of aryl methyl sites for hydroxylation is 1. The first-order valence-electron chi connectivity index (χ1n) is 6.49. The van der Waals surface area contributed by atoms with Gasteiger partial charge in [0.1, 0.15) is 5.65 Å². The van der Waals surface area contributed by atoms with Gasteiger partial charge in [-0.15, -0.1) is 0 Å². The SMILES string of the molecule is COCCN(CCO)Cc1cnc2ccc(C)cn12. The Morgan fingerprint density at radius 3 is 2.95 bits per heavy atom. The zero-order valence-electron chi connectivity index (χ0n) is 11.5. The fraction of sp³-hybridized carbons (Fsp3) is 0.500. The molecule has 0 unspecified atom stereocenters. The average molecular weight is 263 g/mol. The second-order valence-electron chi connectivity index (χ2n) is 4.68. The summed E-state index contributed by atoms with van der Waals surface area (Å²) in [7, 11) is 1.69. The molecule has 0 aliphatic heterocycles. The van der Waals surface area contributed by atoms with Crippen LogP contribution in [-0.4, -0.2) is 52.8 Å². The molecule has 0 bridgehead atoms. The van der Waals surface area contributed by atoms with E-state index >= 15 is 0 Å². The first-order valence-corrected chi connectivity index (χ1v) is 6.49. The van der Waals surface area contributed by atoms with Crippen molar-refractivity contribution >= 4 is 5.65 Å². The molecule has 0 aliphatic carbocycles. The highest BCUT2D eigenvalue weighted by Crippen LogP contribution is 2.11. The van der Waals surface area contributed by atoms with Gasteiger partial charge in [-0.1, -0.05) is 6.07 Å². The zero-order chi connectivity index (χ0) is 13.7. The van der Waals surface area contributed by atoms with Crippen LogP contribution in [0.15, 0.2) is 24.5 Å². The molecule has 1 N–H and O–H groups in total. The Hall–Kier alpha value is -1.43. The number of methoxy groups -OCH3 is 1. The minimum absolute atomic E-state index is 0.152. The van der Waals surface area contributed by atoms with Crippen LogP contribution in [-0.2, 0) is 11.3 Å². The predicted octanol–water partition coefficient (Wildman–Crippen LogP) is 1.08. The summed E-state index contributed by atoms with van der Waals surface area (Å²) in [6.07, 6.45) is 3.98. The van der Waals surface area contributed by atoms with E-state index in [0.717, 1.165) is 24.4 Å². The molecule has 2 heterocycles. The minimum atomic E-state index is 0.152. The summed E-state index contributed by atoms with van der Waals surface area (Å²) in [5, 5.41) is 9.12. The molecule has 19 heavy (non-hydrogen) atoms. The second-order valence-corrected chi connectivity index (χ2v) is 4.68. The monoisotopic (exact) mass is 263 g/mol. The average Bonchev–Trinajstić information content (AvgIpc) is 2.79. The number of imidazole rings is 1. The third-order valence-corrected chi connectivity index (χ3v) is 3.14. The van der Waals surface area contributed by atoms with Gasteiger partial charge in [-0.3, -0.25) is 4.90 Å². The van der Waals surface area contributed by atoms with Crippen LogP contribution < -0.4 is 0 Å². The molecule has 104 valence electrons. The normalized spacial score (nSPS) is 11.6. The molecule has 0 atom stereocenters. The minimum Gasteiger partial charge on any atom is -0.395 e. The van der Waals surface area contributed by atoms with Gasteiger partial charge >= 0.3 is 0 Å². The molecule has 0 aromatic carbocycles. The number of aromatic nitrogens is 2. The maximum absolute atomic E-state index is 9.12. The number of aliphatic hydroxyl groups is 1. The van der Waals surface area contributed by atoms with Crippen molar-refractivity contribution in [2.75, 3.05) is 33.4 Å². The van der Waals surface area contributed by atoms with Gasteiger partial charge in [0, 0.05) is 32.9 Å². The van der Waals surface area contributed by atoms with Gasteiger partial charge in [-0.2, -0.15) is 0 Å². The quantitative estimate of drug-likeness (QED) is 0.812. The highest BCUT2D eigenvalue weighted by atomic mass is 16.5. The van der Waals surface area contributed by atoms with Crippen molar-refractivity contribution in [2.45, 2.75) is 13.5 Å². The van der Waals surface area contributed by atoms with E-state index in [0.29, 0.717) is 13.2 Å². The first-order chi connectivity index (χ1) is 9.24. The van der Waals surface area contributed by atoms with E-state index in [1.807, 2.05) is 12.3 Å². The predicted molar refractivity (Wildman–Crippen MR) is 74.2 cm³/mol. The Morgan fingerprint density at radius 2 is 2.21 bits per heavy atom. The van der Waals surface area contributed by atoms with Crippen molar-refractivity contribution in [3.05, 3.63) is 35.8 Å². The third-order valence-electron chi connectivity index (χ3n) is 3.14. The molecular formula is C14H21N3O2. The summed E-state index contributed by atoms with van der Waals surface area (Å²) in [5.41, 5.74) is 3.29. The van der Waals surface area contributed by atoms with E-state index in [-0.39, 0.29) is 6.61 Å². The van der Waals surface area contributed by atoms with E-state index in [2.05, 4.69) is 33.5 Å². The number of nitrogens with zero attached hydrogens (tertiary/aromatic N) is 3. The number of aliphatic hydroxyl groups excluding tert-OH is 1. The Bertz CT molecular complexity index is 524. The second kappa shape index (κ2) is 6.65. The molecular weight excluding hydrogens is 242 g/mol. The number of ether oxygens (including phenoxy) is 1. The maximum Gasteiger partial charge on any atom is 0.136 e. The fourth-order valence-corrected chi connectivity index (χ4v) is 2.12. The van der Waals surface area contributed by atoms with Gasteiger partial charge in [0.25, 0.3) is 0 Å². The summed E-state index contributed by atoms with van der Waals surface area (Å²) in [5.74, 6) is 0. The Labute approximate surface area is 113 Å². The first kappa shape index (κ1) is 14.0. The molecule has 5 heteroatoms. The summed E-state index contributed by atoms with van der Waals surface area (Å²) in [4.78, 5) is 6.56. The van der Waals surface area contributed by atoms with Crippen LogP contribution in [0.1, 0.15) is 11.3 Å². The van der Waals surface area contributed by atoms with E-state index < -0.39 is 0 Å². The van der Waals surface area contributed by atoms with E-state index in [4.69, 9.17) is 9.84 Å². The van der Waals surface area contributed by atoms with Crippen LogP contribution in [0.3, 0.4) is 0 Å². The van der Waals surface area contributed by atoms with Crippen LogP contribution in [0.25, 0.3) is 5.65 Å². The number of hydrogen-bond donors (Lipinski definition) is 1. The number of pyridine rings is 1. The van der Waals surface area contributed by atoms with Crippen LogP contribution in [0.2, 0.25) is 0 Å². The van der Waals surface area contributed by atoms with Gasteiger partial charge in [0.15, 0.2) is 0 Å². The molecule has 0 aliphatic rings. The number of hydrogen-bond acceptors (Lipinski definition) is 4. The highest BCUT2D eigenvalue weighted by molar-refractivity contribution is 5.41. The van der Waals surface area contributed by atoms with Gasteiger partial charge in [0.05, 0.1) is 25.1 Å². The van der Waals surface area contributed by atoms with E-state index in [1.165, 1.54) is 5.56 Å². The van der Waals surface area contributed by atoms with Crippen molar-refractivity contribution in [2.24, 2.45) is 0 Å². The van der Waals surface area contributed by atoms with Crippen molar-refractivity contribution < 1.29 is 9.84 Å². The molecule has 2 rings (SSSR count). The summed E-state index contributed by atoms with van der Waals surface area (Å²) in [6.45, 7) is 5.09. The molecule has 0 spiro atoms. The van der Waals surface area contributed by atoms with Crippen molar-refractivity contribution in [1.82, 2.24) is 14.3 Å². The Balaban J connectivity index is 2.15. The molecule has 0 saturated heterocycles. The number of rotatable bonds is 7. The lowest BCUT2D eigenvalue weighted by Crippen LogP contribution is -2.30. The summed E-state index contributed by atoms with van der Waals surface area (Å²) >= 11 is 0. The number of fused-ring (bicyclic) bond motifs is 1. The van der Waals surface area contributed by atoms with Crippen LogP contribution in [0.5, 0.6) is 0 Å². The molecule has 0 amide bonds. The van der Waals surface area contributed by atoms with Gasteiger partial charge in [-0.25, -0.2) is 4.98 Å². The fourth-order valence-electron chi connectivity index (χ4n) is 2.12. The molecule has 0 fully saturated rings. The Morgan fingerprint density at radius 1 is 1.37 bits per heavy atom. The van der Waals surface area contributed by atoms with E-state index in [9.17, 15) is 0 Å². The van der Waals surface area contributed by atoms with Gasteiger partial charge in [0.2, 0.25) is 0 Å². The van der Waals surface area contributed by atoms with Crippen molar-refractivity contribution in [3.63, 3.8) is 0 Å². The molecule has 0 saturated carbocycles. The molecule has 0 radical (unpaired) electrons. The molecule has 2 aromatic rings. The third kappa shape index (κ3) is 3.53. The van der Waals surface area contributed by atoms with Crippen LogP contribution in [0, 0.1) is 6.92 Å². The zero-order valence-corrected chi connectivity index (χ0v) is 11.5. The molecule has 2 aromatic heterocycles. The van der Waals surface area contributed by atoms with Crippen LogP contribution >= 0.6 is 0 Å². The standard InChI is InChI=1S/C14H21N3O2/c1-12-3-4-14-15-9-13(17(14)10-12)11-16(5-7-18)6-8-19-2/h3-4,9-10,18H,5-8,11H2,1-2H3. The van der Waals surface area contributed by atoms with Crippen molar-refractivity contribution in [3.8, 4) is 0 Å². The molecule has 5 nitrogen and oxygen atoms in total. The lowest BCUT2D eigenvalue weighted by Gasteiger charge is -2.20. The van der Waals surface area contributed by atoms with Crippen molar-refractivity contribution in [1.29, 1.82) is 0 Å². The largest absolute Gasteiger partial charge is 0.395 e. The lowest BCUT2D eigenvalue weighted by atomic mass is 10.3. The van der Waals surface area contributed by atoms with Crippen LogP contribution in [0.4, 0.5) is 0 Å².